The summed E-state index contributed by atoms with van der Waals surface area (Å²) in [6.45, 7) is 2.00. The third kappa shape index (κ3) is 9.28. The number of carbonyl (C=O) groups is 1. The zero-order valence-electron chi connectivity index (χ0n) is 1.43. The number of hydrogen-bond acceptors (Lipinski definition) is 1. The summed E-state index contributed by atoms with van der Waals surface area (Å²) in [5.41, 5.74) is 0. The molecule has 0 saturated heterocycles. The van der Waals surface area contributed by atoms with E-state index < -0.39 is 0 Å². The summed E-state index contributed by atoms with van der Waals surface area (Å²) in [6, 6.07) is 0. The van der Waals surface area contributed by atoms with Gasteiger partial charge in [-0.15, -0.1) is 0 Å². The first-order valence-electron chi connectivity index (χ1n) is 0.289. The Morgan fingerprint density at radius 2 is 1.25 bits per heavy atom. The van der Waals surface area contributed by atoms with Crippen molar-refractivity contribution in [2.45, 2.75) is 0 Å². The molecular weight excluding hydrogens is 224 g/mol. The molecule has 1 nitrogen and oxygen atoms in total. The largest absolute Gasteiger partial charge is 0 e. The average molecular weight is 228 g/mol. The Balaban J connectivity index is -0.00000000500. The van der Waals surface area contributed by atoms with Gasteiger partial charge in [0.2, 0.25) is 0 Å². The second kappa shape index (κ2) is 21.9. The molecular formula is CH4BaNiO. The maximum atomic E-state index is 8.00. The molecule has 0 aromatic carbocycles. The number of rotatable bonds is 0. The first-order chi connectivity index (χ1) is 1.00. The van der Waals surface area contributed by atoms with E-state index in [1.165, 1.54) is 0 Å². The van der Waals surface area contributed by atoms with Crippen LogP contribution in [0.3, 0.4) is 0 Å². The summed E-state index contributed by atoms with van der Waals surface area (Å²) >= 11 is 0. The summed E-state index contributed by atoms with van der Waals surface area (Å²) in [5, 5.41) is 0. The molecule has 0 unspecified atom stereocenters. The van der Waals surface area contributed by atoms with Crippen LogP contribution in [0.15, 0.2) is 0 Å². The SMILES string of the molecule is C=O.[BaH2].[Ni]. The molecule has 0 rings (SSSR count). The van der Waals surface area contributed by atoms with E-state index in [1.807, 2.05) is 6.79 Å². The fourth-order valence-corrected chi connectivity index (χ4v) is 0. The van der Waals surface area contributed by atoms with Crippen molar-refractivity contribution in [3.05, 3.63) is 0 Å². The van der Waals surface area contributed by atoms with Crippen molar-refractivity contribution in [2.75, 3.05) is 0 Å². The summed E-state index contributed by atoms with van der Waals surface area (Å²) in [4.78, 5) is 8.00. The standard InChI is InChI=1S/CH2O.Ba.Ni.2H/c1-2;;;;/h1H2;;;;. The van der Waals surface area contributed by atoms with Crippen molar-refractivity contribution >= 4 is 55.7 Å². The second-order valence-corrected chi connectivity index (χ2v) is 0. The molecule has 0 radical (unpaired) electrons. The molecule has 0 N–H and O–H groups in total. The van der Waals surface area contributed by atoms with Crippen LogP contribution < -0.4 is 0 Å². The van der Waals surface area contributed by atoms with Crippen molar-refractivity contribution in [2.24, 2.45) is 0 Å². The van der Waals surface area contributed by atoms with Gasteiger partial charge in [-0.05, 0) is 0 Å². The van der Waals surface area contributed by atoms with Gasteiger partial charge < -0.3 is 4.79 Å². The van der Waals surface area contributed by atoms with Crippen molar-refractivity contribution in [1.29, 1.82) is 0 Å². The quantitative estimate of drug-likeness (QED) is 0.481. The Bertz CT molecular complexity index is 8.00. The van der Waals surface area contributed by atoms with Gasteiger partial charge >= 0.3 is 48.9 Å². The summed E-state index contributed by atoms with van der Waals surface area (Å²) in [5.74, 6) is 0. The first kappa shape index (κ1) is 17.2. The van der Waals surface area contributed by atoms with Crippen molar-refractivity contribution in [1.82, 2.24) is 0 Å². The van der Waals surface area contributed by atoms with Crippen molar-refractivity contribution in [3.63, 3.8) is 0 Å². The maximum absolute atomic E-state index is 8.00. The Morgan fingerprint density at radius 3 is 1.25 bits per heavy atom. The van der Waals surface area contributed by atoms with Crippen LogP contribution in [0.4, 0.5) is 0 Å². The maximum Gasteiger partial charge on any atom is 0 e. The molecule has 4 heavy (non-hydrogen) atoms. The van der Waals surface area contributed by atoms with Crippen molar-refractivity contribution in [3.8, 4) is 0 Å². The molecule has 0 aromatic rings. The molecule has 0 atom stereocenters. The minimum Gasteiger partial charge on any atom is 0 e. The summed E-state index contributed by atoms with van der Waals surface area (Å²) in [6.07, 6.45) is 0. The molecule has 0 aliphatic rings. The fourth-order valence-electron chi connectivity index (χ4n) is 0. The van der Waals surface area contributed by atoms with Crippen LogP contribution in [-0.4, -0.2) is 55.7 Å². The molecule has 0 saturated carbocycles. The first-order valence-corrected chi connectivity index (χ1v) is 0.289. The second-order valence-electron chi connectivity index (χ2n) is 0. The Labute approximate surface area is 75.5 Å². The van der Waals surface area contributed by atoms with E-state index in [0.717, 1.165) is 0 Å². The molecule has 0 aliphatic carbocycles. The van der Waals surface area contributed by atoms with E-state index in [-0.39, 0.29) is 65.4 Å². The fraction of sp³-hybridized carbons (Fsp3) is 0. The smallest absolute Gasteiger partial charge is 0 e. The van der Waals surface area contributed by atoms with Gasteiger partial charge in [0, 0.05) is 16.5 Å². The van der Waals surface area contributed by atoms with E-state index in [2.05, 4.69) is 0 Å². The van der Waals surface area contributed by atoms with Crippen LogP contribution in [0.1, 0.15) is 0 Å². The third-order valence-corrected chi connectivity index (χ3v) is 0. The molecule has 0 spiro atoms. The van der Waals surface area contributed by atoms with Gasteiger partial charge in [-0.1, -0.05) is 0 Å². The minimum atomic E-state index is 0. The Hall–Kier alpha value is 1.73. The molecule has 0 aromatic heterocycles. The van der Waals surface area contributed by atoms with Crippen LogP contribution >= 0.6 is 0 Å². The predicted molar refractivity (Wildman–Crippen MR) is 15.7 cm³/mol. The van der Waals surface area contributed by atoms with Gasteiger partial charge in [0.15, 0.2) is 0 Å². The predicted octanol–water partition coefficient (Wildman–Crippen LogP) is -1.10. The molecule has 0 bridgehead atoms. The Kier molecular flexibility index (Phi) is 94.3. The molecule has 0 aliphatic heterocycles. The van der Waals surface area contributed by atoms with Crippen LogP contribution in [0.25, 0.3) is 0 Å². The van der Waals surface area contributed by atoms with Gasteiger partial charge in [0.05, 0.1) is 0 Å². The van der Waals surface area contributed by atoms with Crippen molar-refractivity contribution < 1.29 is 21.3 Å². The Morgan fingerprint density at radius 1 is 1.25 bits per heavy atom. The van der Waals surface area contributed by atoms with Gasteiger partial charge in [-0.3, -0.25) is 0 Å². The van der Waals surface area contributed by atoms with Crippen LogP contribution in [0.2, 0.25) is 0 Å². The van der Waals surface area contributed by atoms with Crippen LogP contribution in [-0.2, 0) is 21.3 Å². The van der Waals surface area contributed by atoms with Gasteiger partial charge in [0.25, 0.3) is 0 Å². The average Bonchev–Trinajstić information content (AvgIpc) is 1.00. The van der Waals surface area contributed by atoms with Gasteiger partial charge in [-0.25, -0.2) is 0 Å². The van der Waals surface area contributed by atoms with E-state index in [0.29, 0.717) is 0 Å². The van der Waals surface area contributed by atoms with E-state index in [4.69, 9.17) is 4.79 Å². The monoisotopic (exact) mass is 228 g/mol. The van der Waals surface area contributed by atoms with Crippen LogP contribution in [0, 0.1) is 0 Å². The van der Waals surface area contributed by atoms with Crippen LogP contribution in [0.5, 0.6) is 0 Å². The molecule has 0 amide bonds. The zero-order valence-corrected chi connectivity index (χ0v) is 2.42. The molecule has 0 fully saturated rings. The molecule has 0 heterocycles. The number of hydrogen-bond donors (Lipinski definition) is 0. The normalized spacial score (nSPS) is 1.00. The molecule has 26 valence electrons. The zero-order chi connectivity index (χ0) is 2.00. The topological polar surface area (TPSA) is 17.1 Å². The van der Waals surface area contributed by atoms with Gasteiger partial charge in [0.1, 0.15) is 6.79 Å². The molecule has 3 heteroatoms. The third-order valence-electron chi connectivity index (χ3n) is 0. The van der Waals surface area contributed by atoms with Gasteiger partial charge in [-0.2, -0.15) is 0 Å². The van der Waals surface area contributed by atoms with E-state index >= 15 is 0 Å². The summed E-state index contributed by atoms with van der Waals surface area (Å²) in [7, 11) is 0. The number of carbonyl (C=O) groups excluding carboxylic acids is 1. The minimum absolute atomic E-state index is 0. The van der Waals surface area contributed by atoms with E-state index in [9.17, 15) is 0 Å². The van der Waals surface area contributed by atoms with E-state index in [1.54, 1.807) is 0 Å². The summed E-state index contributed by atoms with van der Waals surface area (Å²) < 4.78 is 0.